The summed E-state index contributed by atoms with van der Waals surface area (Å²) in [5.41, 5.74) is 4.77. The minimum absolute atomic E-state index is 0.910. The maximum atomic E-state index is 4.78. The fourth-order valence-corrected chi connectivity index (χ4v) is 3.49. The van der Waals surface area contributed by atoms with Gasteiger partial charge in [0.25, 0.3) is 0 Å². The quantitative estimate of drug-likeness (QED) is 0.648. The van der Waals surface area contributed by atoms with Crippen molar-refractivity contribution in [1.29, 1.82) is 0 Å². The van der Waals surface area contributed by atoms with E-state index in [1.165, 1.54) is 11.3 Å². The molecule has 1 aromatic heterocycles. The summed E-state index contributed by atoms with van der Waals surface area (Å²) >= 11 is 1.77. The maximum Gasteiger partial charge on any atom is 0.168 e. The summed E-state index contributed by atoms with van der Waals surface area (Å²) in [5.74, 6) is 0.910. The van der Waals surface area contributed by atoms with Crippen LogP contribution in [0.15, 0.2) is 66.0 Å². The molecule has 0 fully saturated rings. The van der Waals surface area contributed by atoms with E-state index in [9.17, 15) is 0 Å². The number of hydrogen-bond donors (Lipinski definition) is 0. The second kappa shape index (κ2) is 6.92. The van der Waals surface area contributed by atoms with Crippen LogP contribution in [0.1, 0.15) is 5.56 Å². The maximum absolute atomic E-state index is 4.78. The highest BCUT2D eigenvalue weighted by Crippen LogP contribution is 2.29. The van der Waals surface area contributed by atoms with E-state index >= 15 is 0 Å². The predicted octanol–water partition coefficient (Wildman–Crippen LogP) is 4.45. The van der Waals surface area contributed by atoms with Gasteiger partial charge < -0.3 is 9.47 Å². The summed E-state index contributed by atoms with van der Waals surface area (Å²) in [7, 11) is 6.22. The van der Waals surface area contributed by atoms with Crippen LogP contribution in [0, 0.1) is 0 Å². The molecule has 4 heteroatoms. The molecule has 0 saturated carbocycles. The van der Waals surface area contributed by atoms with Gasteiger partial charge in [-0.25, -0.2) is 4.98 Å². The molecule has 3 aromatic rings. The lowest BCUT2D eigenvalue weighted by molar-refractivity contribution is 0.790. The smallest absolute Gasteiger partial charge is 0.168 e. The Labute approximate surface area is 142 Å². The van der Waals surface area contributed by atoms with E-state index in [4.69, 9.17) is 4.98 Å². The van der Waals surface area contributed by atoms with Crippen LogP contribution in [-0.2, 0) is 12.8 Å². The largest absolute Gasteiger partial charge is 0.377 e. The van der Waals surface area contributed by atoms with Crippen LogP contribution in [0.4, 0.5) is 5.69 Å². The second-order valence-electron chi connectivity index (χ2n) is 5.70. The van der Waals surface area contributed by atoms with E-state index in [-0.39, 0.29) is 0 Å². The summed E-state index contributed by atoms with van der Waals surface area (Å²) in [6.45, 7) is 0. The average Bonchev–Trinajstić information content (AvgIpc) is 2.95. The first-order chi connectivity index (χ1) is 11.1. The van der Waals surface area contributed by atoms with E-state index in [1.54, 1.807) is 11.8 Å². The van der Waals surface area contributed by atoms with E-state index in [0.717, 1.165) is 22.2 Å². The van der Waals surface area contributed by atoms with E-state index in [2.05, 4.69) is 73.2 Å². The molecule has 0 aliphatic carbocycles. The van der Waals surface area contributed by atoms with Crippen molar-refractivity contribution in [2.75, 3.05) is 19.0 Å². The Hall–Kier alpha value is -2.20. The fourth-order valence-electron chi connectivity index (χ4n) is 2.54. The number of benzene rings is 2. The molecule has 0 atom stereocenters. The zero-order valence-corrected chi connectivity index (χ0v) is 14.5. The van der Waals surface area contributed by atoms with Gasteiger partial charge in [-0.1, -0.05) is 60.3 Å². The molecule has 0 bridgehead atoms. The zero-order chi connectivity index (χ0) is 16.2. The van der Waals surface area contributed by atoms with Crippen molar-refractivity contribution in [3.8, 4) is 11.3 Å². The topological polar surface area (TPSA) is 21.1 Å². The van der Waals surface area contributed by atoms with Crippen LogP contribution >= 0.6 is 11.8 Å². The second-order valence-corrected chi connectivity index (χ2v) is 6.64. The van der Waals surface area contributed by atoms with E-state index in [1.807, 2.05) is 18.2 Å². The third kappa shape index (κ3) is 3.59. The summed E-state index contributed by atoms with van der Waals surface area (Å²) in [6, 6.07) is 18.8. The summed E-state index contributed by atoms with van der Waals surface area (Å²) in [6.07, 6.45) is 2.09. The molecule has 0 N–H and O–H groups in total. The molecule has 2 aromatic carbocycles. The Morgan fingerprint density at radius 3 is 2.43 bits per heavy atom. The zero-order valence-electron chi connectivity index (χ0n) is 13.7. The van der Waals surface area contributed by atoms with Gasteiger partial charge in [-0.3, -0.25) is 0 Å². The van der Waals surface area contributed by atoms with Crippen LogP contribution < -0.4 is 4.90 Å². The Bertz CT molecular complexity index is 778. The number of hydrogen-bond acceptors (Lipinski definition) is 3. The van der Waals surface area contributed by atoms with Crippen molar-refractivity contribution in [2.24, 2.45) is 7.05 Å². The Morgan fingerprint density at radius 1 is 1.00 bits per heavy atom. The number of para-hydroxylation sites is 1. The molecule has 1 heterocycles. The number of imidazole rings is 1. The minimum atomic E-state index is 0.910. The molecule has 3 rings (SSSR count). The van der Waals surface area contributed by atoms with E-state index < -0.39 is 0 Å². The first-order valence-electron chi connectivity index (χ1n) is 7.62. The van der Waals surface area contributed by atoms with Crippen LogP contribution in [-0.4, -0.2) is 23.6 Å². The van der Waals surface area contributed by atoms with Gasteiger partial charge in [0.1, 0.15) is 0 Å². The number of anilines is 1. The fraction of sp³-hybridized carbons (Fsp3) is 0.211. The number of aryl methyl sites for hydroxylation is 1. The van der Waals surface area contributed by atoms with Crippen LogP contribution in [0.3, 0.4) is 0 Å². The van der Waals surface area contributed by atoms with E-state index in [0.29, 0.717) is 0 Å². The van der Waals surface area contributed by atoms with Crippen molar-refractivity contribution in [1.82, 2.24) is 9.55 Å². The highest BCUT2D eigenvalue weighted by molar-refractivity contribution is 7.98. The lowest BCUT2D eigenvalue weighted by Gasteiger charge is -2.16. The normalized spacial score (nSPS) is 10.7. The Morgan fingerprint density at radius 2 is 1.70 bits per heavy atom. The summed E-state index contributed by atoms with van der Waals surface area (Å²) < 4.78 is 2.10. The summed E-state index contributed by atoms with van der Waals surface area (Å²) in [5, 5.41) is 1.04. The van der Waals surface area contributed by atoms with Gasteiger partial charge in [0, 0.05) is 44.3 Å². The van der Waals surface area contributed by atoms with Gasteiger partial charge in [-0.05, 0) is 11.6 Å². The predicted molar refractivity (Wildman–Crippen MR) is 99.0 cm³/mol. The van der Waals surface area contributed by atoms with Gasteiger partial charge in [0.15, 0.2) is 5.16 Å². The molecular weight excluding hydrogens is 302 g/mol. The highest BCUT2D eigenvalue weighted by Gasteiger charge is 2.10. The molecule has 0 aliphatic heterocycles. The first-order valence-corrected chi connectivity index (χ1v) is 8.60. The molecular formula is C19H21N3S. The number of rotatable bonds is 5. The average molecular weight is 323 g/mol. The van der Waals surface area contributed by atoms with Crippen molar-refractivity contribution < 1.29 is 0 Å². The van der Waals surface area contributed by atoms with Crippen LogP contribution in [0.25, 0.3) is 11.3 Å². The third-order valence-corrected chi connectivity index (χ3v) is 4.83. The number of thioether (sulfide) groups is 1. The molecule has 0 radical (unpaired) electrons. The molecule has 0 aliphatic rings. The number of aromatic nitrogens is 2. The van der Waals surface area contributed by atoms with Crippen molar-refractivity contribution >= 4 is 17.4 Å². The van der Waals surface area contributed by atoms with Gasteiger partial charge in [-0.2, -0.15) is 0 Å². The highest BCUT2D eigenvalue weighted by atomic mass is 32.2. The van der Waals surface area contributed by atoms with Crippen LogP contribution in [0.2, 0.25) is 0 Å². The molecule has 0 unspecified atom stereocenters. The Kier molecular flexibility index (Phi) is 4.72. The van der Waals surface area contributed by atoms with Gasteiger partial charge in [0.2, 0.25) is 0 Å². The lowest BCUT2D eigenvalue weighted by Crippen LogP contribution is -2.10. The third-order valence-electron chi connectivity index (χ3n) is 3.73. The molecule has 3 nitrogen and oxygen atoms in total. The minimum Gasteiger partial charge on any atom is -0.377 e. The monoisotopic (exact) mass is 323 g/mol. The Balaban J connectivity index is 1.78. The molecule has 0 spiro atoms. The van der Waals surface area contributed by atoms with Crippen molar-refractivity contribution in [3.05, 3.63) is 66.4 Å². The lowest BCUT2D eigenvalue weighted by atomic mass is 10.2. The van der Waals surface area contributed by atoms with Gasteiger partial charge >= 0.3 is 0 Å². The van der Waals surface area contributed by atoms with Gasteiger partial charge in [0.05, 0.1) is 5.69 Å². The van der Waals surface area contributed by atoms with Gasteiger partial charge in [-0.15, -0.1) is 0 Å². The number of nitrogens with zero attached hydrogens (tertiary/aromatic N) is 3. The molecule has 0 saturated heterocycles. The molecule has 0 amide bonds. The molecule has 23 heavy (non-hydrogen) atoms. The first kappa shape index (κ1) is 15.7. The van der Waals surface area contributed by atoms with Crippen LogP contribution in [0.5, 0.6) is 0 Å². The van der Waals surface area contributed by atoms with Crippen molar-refractivity contribution in [3.63, 3.8) is 0 Å². The van der Waals surface area contributed by atoms with Crippen molar-refractivity contribution in [2.45, 2.75) is 10.9 Å². The SMILES string of the molecule is CN(C)c1ccccc1CSc1nc(-c2ccccc2)cn1C. The summed E-state index contributed by atoms with van der Waals surface area (Å²) in [4.78, 5) is 6.94. The standard InChI is InChI=1S/C19H21N3S/c1-21(2)18-12-8-7-11-16(18)14-23-19-20-17(13-22(19)3)15-9-5-4-6-10-15/h4-13H,14H2,1-3H3. The molecule has 118 valence electrons.